The molecule has 1 N–H and O–H groups in total. The molecule has 0 amide bonds. The summed E-state index contributed by atoms with van der Waals surface area (Å²) in [6.07, 6.45) is 0.0909. The first-order valence-electron chi connectivity index (χ1n) is 7.38. The second-order valence-electron chi connectivity index (χ2n) is 6.42. The first-order chi connectivity index (χ1) is 10.3. The number of halogens is 1. The summed E-state index contributed by atoms with van der Waals surface area (Å²) in [7, 11) is -1.48. The molecule has 0 fully saturated rings. The van der Waals surface area contributed by atoms with E-state index in [4.69, 9.17) is 0 Å². The van der Waals surface area contributed by atoms with Crippen LogP contribution in [0.15, 0.2) is 53.0 Å². The standard InChI is InChI=1S/C19H21BrOSi/c1-22(2,3)13-12-19(21)18-7-5-4-6-16(18)14-15-8-10-17(20)11-9-15/h4-11,19,21H,14H2,1-3H3. The summed E-state index contributed by atoms with van der Waals surface area (Å²) in [6.45, 7) is 6.54. The number of aliphatic hydroxyl groups excluding tert-OH is 1. The lowest BCUT2D eigenvalue weighted by molar-refractivity contribution is 0.237. The third-order valence-electron chi connectivity index (χ3n) is 3.24. The van der Waals surface area contributed by atoms with Gasteiger partial charge in [-0.25, -0.2) is 0 Å². The van der Waals surface area contributed by atoms with E-state index in [2.05, 4.69) is 65.2 Å². The summed E-state index contributed by atoms with van der Waals surface area (Å²) in [5.41, 5.74) is 6.51. The molecule has 2 rings (SSSR count). The molecule has 2 aromatic rings. The number of aliphatic hydroxyl groups is 1. The van der Waals surface area contributed by atoms with Crippen molar-refractivity contribution >= 4 is 24.0 Å². The molecule has 0 aromatic heterocycles. The van der Waals surface area contributed by atoms with Crippen LogP contribution in [-0.4, -0.2) is 13.2 Å². The van der Waals surface area contributed by atoms with Crippen molar-refractivity contribution in [1.82, 2.24) is 0 Å². The Hall–Kier alpha value is -1.34. The van der Waals surface area contributed by atoms with Crippen molar-refractivity contribution in [3.63, 3.8) is 0 Å². The Labute approximate surface area is 142 Å². The van der Waals surface area contributed by atoms with Crippen molar-refractivity contribution in [2.24, 2.45) is 0 Å². The lowest BCUT2D eigenvalue weighted by Gasteiger charge is -2.12. The molecule has 0 bridgehead atoms. The molecule has 0 aliphatic rings. The van der Waals surface area contributed by atoms with Gasteiger partial charge < -0.3 is 5.11 Å². The molecule has 0 saturated heterocycles. The normalized spacial score (nSPS) is 12.4. The van der Waals surface area contributed by atoms with Crippen molar-refractivity contribution in [2.45, 2.75) is 32.2 Å². The zero-order valence-corrected chi connectivity index (χ0v) is 15.8. The summed E-state index contributed by atoms with van der Waals surface area (Å²) in [5, 5.41) is 10.4. The van der Waals surface area contributed by atoms with Gasteiger partial charge in [0.2, 0.25) is 0 Å². The van der Waals surface area contributed by atoms with Gasteiger partial charge in [-0.05, 0) is 35.2 Å². The van der Waals surface area contributed by atoms with E-state index in [-0.39, 0.29) is 0 Å². The van der Waals surface area contributed by atoms with Gasteiger partial charge in [-0.1, -0.05) is 77.9 Å². The third-order valence-corrected chi connectivity index (χ3v) is 4.66. The first-order valence-corrected chi connectivity index (χ1v) is 11.7. The highest BCUT2D eigenvalue weighted by Gasteiger charge is 2.12. The molecule has 3 heteroatoms. The van der Waals surface area contributed by atoms with E-state index in [0.717, 1.165) is 22.0 Å². The topological polar surface area (TPSA) is 20.2 Å². The summed E-state index contributed by atoms with van der Waals surface area (Å²) < 4.78 is 1.07. The van der Waals surface area contributed by atoms with Crippen LogP contribution in [0, 0.1) is 11.5 Å². The smallest absolute Gasteiger partial charge is 0.139 e. The molecule has 0 radical (unpaired) electrons. The van der Waals surface area contributed by atoms with Crippen LogP contribution in [0.25, 0.3) is 0 Å². The molecular formula is C19H21BrOSi. The molecule has 2 aromatic carbocycles. The molecule has 22 heavy (non-hydrogen) atoms. The Morgan fingerprint density at radius 3 is 2.32 bits per heavy atom. The lowest BCUT2D eigenvalue weighted by atomic mass is 9.97. The minimum Gasteiger partial charge on any atom is -0.376 e. The van der Waals surface area contributed by atoms with Crippen molar-refractivity contribution in [3.05, 3.63) is 69.7 Å². The summed E-state index contributed by atoms with van der Waals surface area (Å²) in [4.78, 5) is 0. The van der Waals surface area contributed by atoms with Gasteiger partial charge in [-0.2, -0.15) is 0 Å². The van der Waals surface area contributed by atoms with Crippen LogP contribution in [-0.2, 0) is 6.42 Å². The fourth-order valence-corrected chi connectivity index (χ4v) is 2.98. The SMILES string of the molecule is C[Si](C)(C)C#CC(O)c1ccccc1Cc1ccc(Br)cc1. The van der Waals surface area contributed by atoms with E-state index in [9.17, 15) is 5.11 Å². The Kier molecular flexibility index (Phi) is 5.63. The predicted molar refractivity (Wildman–Crippen MR) is 99.5 cm³/mol. The lowest BCUT2D eigenvalue weighted by Crippen LogP contribution is -2.17. The van der Waals surface area contributed by atoms with Gasteiger partial charge in [0.1, 0.15) is 14.2 Å². The van der Waals surface area contributed by atoms with Gasteiger partial charge >= 0.3 is 0 Å². The Balaban J connectivity index is 2.26. The minimum atomic E-state index is -1.48. The van der Waals surface area contributed by atoms with Crippen LogP contribution < -0.4 is 0 Å². The summed E-state index contributed by atoms with van der Waals surface area (Å²) >= 11 is 3.45. The summed E-state index contributed by atoms with van der Waals surface area (Å²) in [6, 6.07) is 16.3. The highest BCUT2D eigenvalue weighted by atomic mass is 79.9. The van der Waals surface area contributed by atoms with E-state index in [1.807, 2.05) is 30.3 Å². The van der Waals surface area contributed by atoms with Gasteiger partial charge in [0.25, 0.3) is 0 Å². The maximum atomic E-state index is 10.4. The number of hydrogen-bond acceptors (Lipinski definition) is 1. The average Bonchev–Trinajstić information content (AvgIpc) is 2.47. The molecule has 1 nitrogen and oxygen atoms in total. The van der Waals surface area contributed by atoms with Crippen LogP contribution in [0.2, 0.25) is 19.6 Å². The maximum absolute atomic E-state index is 10.4. The zero-order chi connectivity index (χ0) is 16.2. The number of benzene rings is 2. The van der Waals surface area contributed by atoms with Gasteiger partial charge in [-0.3, -0.25) is 0 Å². The van der Waals surface area contributed by atoms with Gasteiger partial charge in [0.05, 0.1) is 0 Å². The molecule has 1 unspecified atom stereocenters. The van der Waals surface area contributed by atoms with Gasteiger partial charge in [0, 0.05) is 4.47 Å². The van der Waals surface area contributed by atoms with Crippen molar-refractivity contribution < 1.29 is 5.11 Å². The van der Waals surface area contributed by atoms with Crippen molar-refractivity contribution in [3.8, 4) is 11.5 Å². The van der Waals surface area contributed by atoms with E-state index in [1.165, 1.54) is 5.56 Å². The van der Waals surface area contributed by atoms with Gasteiger partial charge in [0.15, 0.2) is 0 Å². The van der Waals surface area contributed by atoms with Crippen LogP contribution >= 0.6 is 15.9 Å². The molecule has 1 atom stereocenters. The highest BCUT2D eigenvalue weighted by molar-refractivity contribution is 9.10. The van der Waals surface area contributed by atoms with Crippen molar-refractivity contribution in [2.75, 3.05) is 0 Å². The molecule has 0 aliphatic carbocycles. The largest absolute Gasteiger partial charge is 0.376 e. The molecule has 0 spiro atoms. The second kappa shape index (κ2) is 7.28. The monoisotopic (exact) mass is 372 g/mol. The Bertz CT molecular complexity index is 690. The van der Waals surface area contributed by atoms with Crippen LogP contribution in [0.4, 0.5) is 0 Å². The third kappa shape index (κ3) is 5.13. The fraction of sp³-hybridized carbons (Fsp3) is 0.263. The van der Waals surface area contributed by atoms with Crippen LogP contribution in [0.1, 0.15) is 22.8 Å². The Morgan fingerprint density at radius 2 is 1.68 bits per heavy atom. The second-order valence-corrected chi connectivity index (χ2v) is 12.1. The Morgan fingerprint density at radius 1 is 1.05 bits per heavy atom. The maximum Gasteiger partial charge on any atom is 0.139 e. The molecular weight excluding hydrogens is 352 g/mol. The van der Waals surface area contributed by atoms with E-state index in [1.54, 1.807) is 0 Å². The molecule has 0 aliphatic heterocycles. The quantitative estimate of drug-likeness (QED) is 0.596. The zero-order valence-electron chi connectivity index (χ0n) is 13.2. The predicted octanol–water partition coefficient (Wildman–Crippen LogP) is 4.95. The number of hydrogen-bond donors (Lipinski definition) is 1. The fourth-order valence-electron chi connectivity index (χ4n) is 2.15. The number of rotatable bonds is 3. The van der Waals surface area contributed by atoms with Gasteiger partial charge in [-0.15, -0.1) is 5.54 Å². The minimum absolute atomic E-state index is 0.710. The highest BCUT2D eigenvalue weighted by Crippen LogP contribution is 2.21. The molecule has 0 heterocycles. The summed E-state index contributed by atoms with van der Waals surface area (Å²) in [5.74, 6) is 3.03. The van der Waals surface area contributed by atoms with Crippen LogP contribution in [0.5, 0.6) is 0 Å². The average molecular weight is 373 g/mol. The molecule has 114 valence electrons. The van der Waals surface area contributed by atoms with Crippen molar-refractivity contribution in [1.29, 1.82) is 0 Å². The van der Waals surface area contributed by atoms with E-state index in [0.29, 0.717) is 0 Å². The first kappa shape index (κ1) is 17.0. The van der Waals surface area contributed by atoms with Crippen LogP contribution in [0.3, 0.4) is 0 Å². The van der Waals surface area contributed by atoms with E-state index >= 15 is 0 Å². The molecule has 0 saturated carbocycles. The van der Waals surface area contributed by atoms with E-state index < -0.39 is 14.2 Å².